The van der Waals surface area contributed by atoms with Crippen molar-refractivity contribution in [2.24, 2.45) is 5.92 Å². The van der Waals surface area contributed by atoms with Gasteiger partial charge in [-0.3, -0.25) is 4.79 Å². The van der Waals surface area contributed by atoms with Crippen LogP contribution in [0.3, 0.4) is 0 Å². The van der Waals surface area contributed by atoms with Crippen LogP contribution < -0.4 is 10.6 Å². The molecule has 2 rings (SSSR count). The highest BCUT2D eigenvalue weighted by molar-refractivity contribution is 7.89. The summed E-state index contributed by atoms with van der Waals surface area (Å²) in [7, 11) is -3.43. The minimum Gasteiger partial charge on any atom is -0.348 e. The Kier molecular flexibility index (Phi) is 8.46. The maximum Gasteiger partial charge on any atom is 0.275 e. The van der Waals surface area contributed by atoms with Crippen molar-refractivity contribution in [2.75, 3.05) is 19.6 Å². The van der Waals surface area contributed by atoms with Gasteiger partial charge in [-0.15, -0.1) is 0 Å². The molecule has 0 radical (unpaired) electrons. The second-order valence-corrected chi connectivity index (χ2v) is 9.85. The van der Waals surface area contributed by atoms with Crippen molar-refractivity contribution in [3.8, 4) is 0 Å². The van der Waals surface area contributed by atoms with E-state index in [-0.39, 0.29) is 11.9 Å². The lowest BCUT2D eigenvalue weighted by Gasteiger charge is -2.26. The monoisotopic (exact) mass is 410 g/mol. The van der Waals surface area contributed by atoms with Crippen molar-refractivity contribution < 1.29 is 18.5 Å². The van der Waals surface area contributed by atoms with Crippen LogP contribution in [0.2, 0.25) is 0 Å². The van der Waals surface area contributed by atoms with Crippen molar-refractivity contribution >= 4 is 15.9 Å². The van der Waals surface area contributed by atoms with Crippen molar-refractivity contribution in [2.45, 2.75) is 70.4 Å². The fraction of sp³-hybridized carbons (Fsp3) is 0.667. The van der Waals surface area contributed by atoms with E-state index >= 15 is 0 Å². The first-order chi connectivity index (χ1) is 13.3. The Morgan fingerprint density at radius 2 is 1.71 bits per heavy atom. The number of nitrogens with zero attached hydrogens (tertiary/aromatic N) is 1. The molecule has 0 bridgehead atoms. The third-order valence-electron chi connectivity index (χ3n) is 5.79. The Labute approximate surface area is 170 Å². The SMILES string of the molecule is CCN(CC)S(=O)(=O)c1ccc([C@H](C)[NH2+]CC(=O)NC2CCC(C)CC2)cc1. The van der Waals surface area contributed by atoms with Crippen molar-refractivity contribution in [3.05, 3.63) is 29.8 Å². The molecule has 1 aliphatic carbocycles. The van der Waals surface area contributed by atoms with E-state index in [0.29, 0.717) is 30.6 Å². The number of carbonyl (C=O) groups excluding carboxylic acids is 1. The molecule has 0 aromatic heterocycles. The molecule has 158 valence electrons. The van der Waals surface area contributed by atoms with E-state index in [4.69, 9.17) is 0 Å². The minimum absolute atomic E-state index is 0.0761. The van der Waals surface area contributed by atoms with Crippen LogP contribution in [0.5, 0.6) is 0 Å². The Balaban J connectivity index is 1.87. The smallest absolute Gasteiger partial charge is 0.275 e. The predicted octanol–water partition coefficient (Wildman–Crippen LogP) is 2.04. The average Bonchev–Trinajstić information content (AvgIpc) is 2.68. The highest BCUT2D eigenvalue weighted by Gasteiger charge is 2.23. The summed E-state index contributed by atoms with van der Waals surface area (Å²) in [4.78, 5) is 12.5. The van der Waals surface area contributed by atoms with E-state index in [9.17, 15) is 13.2 Å². The van der Waals surface area contributed by atoms with Gasteiger partial charge in [0, 0.05) is 24.7 Å². The van der Waals surface area contributed by atoms with Crippen LogP contribution in [0.15, 0.2) is 29.2 Å². The van der Waals surface area contributed by atoms with Gasteiger partial charge >= 0.3 is 0 Å². The Bertz CT molecular complexity index is 722. The summed E-state index contributed by atoms with van der Waals surface area (Å²) in [5.74, 6) is 0.848. The molecule has 1 amide bonds. The maximum atomic E-state index is 12.6. The van der Waals surface area contributed by atoms with Crippen LogP contribution in [0.25, 0.3) is 0 Å². The first-order valence-electron chi connectivity index (χ1n) is 10.5. The van der Waals surface area contributed by atoms with Gasteiger partial charge in [-0.1, -0.05) is 32.9 Å². The number of sulfonamides is 1. The first-order valence-corrected chi connectivity index (χ1v) is 11.9. The summed E-state index contributed by atoms with van der Waals surface area (Å²) in [5.41, 5.74) is 1.01. The Morgan fingerprint density at radius 1 is 1.14 bits per heavy atom. The Hall–Kier alpha value is -1.44. The molecular formula is C21H36N3O3S+. The number of rotatable bonds is 9. The van der Waals surface area contributed by atoms with Crippen LogP contribution in [-0.4, -0.2) is 44.3 Å². The topological polar surface area (TPSA) is 83.1 Å². The lowest BCUT2D eigenvalue weighted by atomic mass is 9.87. The van der Waals surface area contributed by atoms with Crippen molar-refractivity contribution in [3.63, 3.8) is 0 Å². The van der Waals surface area contributed by atoms with Gasteiger partial charge < -0.3 is 10.6 Å². The van der Waals surface area contributed by atoms with Crippen LogP contribution >= 0.6 is 0 Å². The highest BCUT2D eigenvalue weighted by atomic mass is 32.2. The summed E-state index contributed by atoms with van der Waals surface area (Å²) in [6.45, 7) is 9.28. The minimum atomic E-state index is -3.43. The van der Waals surface area contributed by atoms with Crippen LogP contribution in [0.4, 0.5) is 0 Å². The van der Waals surface area contributed by atoms with Gasteiger partial charge in [0.2, 0.25) is 10.0 Å². The van der Waals surface area contributed by atoms with Crippen molar-refractivity contribution in [1.82, 2.24) is 9.62 Å². The molecule has 0 spiro atoms. The molecule has 1 saturated carbocycles. The van der Waals surface area contributed by atoms with Crippen LogP contribution in [0, 0.1) is 5.92 Å². The van der Waals surface area contributed by atoms with E-state index in [1.807, 2.05) is 38.2 Å². The number of nitrogens with two attached hydrogens (primary N) is 1. The lowest BCUT2D eigenvalue weighted by Crippen LogP contribution is -2.87. The number of hydrogen-bond acceptors (Lipinski definition) is 3. The third kappa shape index (κ3) is 6.03. The average molecular weight is 411 g/mol. The largest absolute Gasteiger partial charge is 0.348 e. The maximum absolute atomic E-state index is 12.6. The van der Waals surface area contributed by atoms with E-state index in [1.165, 1.54) is 17.1 Å². The first kappa shape index (κ1) is 22.8. The molecule has 0 saturated heterocycles. The summed E-state index contributed by atoms with van der Waals surface area (Å²) < 4.78 is 26.6. The number of benzene rings is 1. The number of carbonyl (C=O) groups is 1. The third-order valence-corrected chi connectivity index (χ3v) is 7.85. The zero-order valence-corrected chi connectivity index (χ0v) is 18.5. The molecule has 1 aromatic carbocycles. The predicted molar refractivity (Wildman–Crippen MR) is 111 cm³/mol. The molecule has 3 N–H and O–H groups in total. The van der Waals surface area contributed by atoms with Crippen LogP contribution in [-0.2, 0) is 14.8 Å². The quantitative estimate of drug-likeness (QED) is 0.653. The molecule has 0 unspecified atom stereocenters. The Morgan fingerprint density at radius 3 is 2.25 bits per heavy atom. The van der Waals surface area contributed by atoms with E-state index < -0.39 is 10.0 Å². The van der Waals surface area contributed by atoms with Gasteiger partial charge in [0.05, 0.1) is 4.90 Å². The molecule has 1 aliphatic rings. The van der Waals surface area contributed by atoms with Crippen LogP contribution in [0.1, 0.15) is 65.0 Å². The number of hydrogen-bond donors (Lipinski definition) is 2. The molecule has 6 nitrogen and oxygen atoms in total. The van der Waals surface area contributed by atoms with Gasteiger partial charge in [0.15, 0.2) is 6.54 Å². The lowest BCUT2D eigenvalue weighted by molar-refractivity contribution is -0.682. The summed E-state index contributed by atoms with van der Waals surface area (Å²) >= 11 is 0. The number of quaternary nitrogens is 1. The van der Waals surface area contributed by atoms with Gasteiger partial charge in [-0.05, 0) is 50.7 Å². The molecular weight excluding hydrogens is 374 g/mol. The van der Waals surface area contributed by atoms with Gasteiger partial charge in [-0.2, -0.15) is 4.31 Å². The van der Waals surface area contributed by atoms with E-state index in [2.05, 4.69) is 12.2 Å². The molecule has 0 heterocycles. The second kappa shape index (κ2) is 10.4. The summed E-state index contributed by atoms with van der Waals surface area (Å²) in [6, 6.07) is 7.42. The van der Waals surface area contributed by atoms with Gasteiger partial charge in [0.1, 0.15) is 6.04 Å². The molecule has 28 heavy (non-hydrogen) atoms. The van der Waals surface area contributed by atoms with Gasteiger partial charge in [-0.25, -0.2) is 8.42 Å². The number of amides is 1. The van der Waals surface area contributed by atoms with Crippen molar-refractivity contribution in [1.29, 1.82) is 0 Å². The molecule has 0 aliphatic heterocycles. The normalized spacial score (nSPS) is 21.5. The fourth-order valence-corrected chi connectivity index (χ4v) is 5.22. The number of nitrogens with one attached hydrogen (secondary N) is 1. The molecule has 1 fully saturated rings. The zero-order chi connectivity index (χ0) is 20.7. The van der Waals surface area contributed by atoms with E-state index in [1.54, 1.807) is 12.1 Å². The molecule has 7 heteroatoms. The second-order valence-electron chi connectivity index (χ2n) is 7.91. The highest BCUT2D eigenvalue weighted by Crippen LogP contribution is 2.23. The zero-order valence-electron chi connectivity index (χ0n) is 17.6. The summed E-state index contributed by atoms with van der Waals surface area (Å²) in [5, 5.41) is 5.14. The molecule has 1 atom stereocenters. The summed E-state index contributed by atoms with van der Waals surface area (Å²) in [6.07, 6.45) is 4.53. The molecule has 1 aromatic rings. The van der Waals surface area contributed by atoms with E-state index in [0.717, 1.165) is 24.3 Å². The van der Waals surface area contributed by atoms with Gasteiger partial charge in [0.25, 0.3) is 5.91 Å². The standard InChI is InChI=1S/C21H35N3O3S/c1-5-24(6-2)28(26,27)20-13-9-18(10-14-20)17(4)22-15-21(25)23-19-11-7-16(3)8-12-19/h9-10,13-14,16-17,19,22H,5-8,11-12,15H2,1-4H3,(H,23,25)/p+1/t16?,17-,19?/m0/s1. The fourth-order valence-electron chi connectivity index (χ4n) is 3.77.